The van der Waals surface area contributed by atoms with Crippen molar-refractivity contribution in [2.45, 2.75) is 19.3 Å². The molecule has 17 heavy (non-hydrogen) atoms. The van der Waals surface area contributed by atoms with Gasteiger partial charge in [0.25, 0.3) is 0 Å². The molecule has 0 amide bonds. The lowest BCUT2D eigenvalue weighted by atomic mass is 9.77. The van der Waals surface area contributed by atoms with Crippen LogP contribution in [0.5, 0.6) is 0 Å². The lowest BCUT2D eigenvalue weighted by molar-refractivity contribution is 0.0270. The van der Waals surface area contributed by atoms with Crippen LogP contribution in [0.1, 0.15) is 18.4 Å². The lowest BCUT2D eigenvalue weighted by Crippen LogP contribution is -2.33. The normalized spacial score (nSPS) is 19.2. The molecular weight excluding hydrogens is 367 g/mol. The first-order chi connectivity index (χ1) is 8.15. The fourth-order valence-electron chi connectivity index (χ4n) is 2.23. The van der Waals surface area contributed by atoms with Gasteiger partial charge in [-0.1, -0.05) is 49.5 Å². The summed E-state index contributed by atoms with van der Waals surface area (Å²) in [6.45, 7) is 1.72. The SMILES string of the molecule is Clc1cc(Br)ccc1CC1(CBr)CCOCC1. The third-order valence-electron chi connectivity index (χ3n) is 3.42. The molecule has 0 unspecified atom stereocenters. The maximum Gasteiger partial charge on any atom is 0.0471 e. The van der Waals surface area contributed by atoms with Crippen molar-refractivity contribution in [3.8, 4) is 0 Å². The summed E-state index contributed by atoms with van der Waals surface area (Å²) in [4.78, 5) is 0. The van der Waals surface area contributed by atoms with Crippen LogP contribution >= 0.6 is 43.5 Å². The smallest absolute Gasteiger partial charge is 0.0471 e. The molecule has 0 atom stereocenters. The molecule has 0 spiro atoms. The van der Waals surface area contributed by atoms with Crippen molar-refractivity contribution in [1.29, 1.82) is 0 Å². The van der Waals surface area contributed by atoms with Crippen molar-refractivity contribution in [3.63, 3.8) is 0 Å². The van der Waals surface area contributed by atoms with Gasteiger partial charge in [0.2, 0.25) is 0 Å². The third kappa shape index (κ3) is 3.46. The fourth-order valence-corrected chi connectivity index (χ4v) is 3.73. The molecule has 0 bridgehead atoms. The minimum atomic E-state index is 0.301. The first kappa shape index (κ1) is 13.9. The van der Waals surface area contributed by atoms with Gasteiger partial charge >= 0.3 is 0 Å². The van der Waals surface area contributed by atoms with Crippen molar-refractivity contribution >= 4 is 43.5 Å². The van der Waals surface area contributed by atoms with Crippen LogP contribution in [0.3, 0.4) is 0 Å². The average molecular weight is 383 g/mol. The maximum atomic E-state index is 6.29. The highest BCUT2D eigenvalue weighted by atomic mass is 79.9. The van der Waals surface area contributed by atoms with Crippen LogP contribution in [0.2, 0.25) is 5.02 Å². The van der Waals surface area contributed by atoms with E-state index < -0.39 is 0 Å². The summed E-state index contributed by atoms with van der Waals surface area (Å²) in [5.41, 5.74) is 1.53. The summed E-state index contributed by atoms with van der Waals surface area (Å²) < 4.78 is 6.49. The van der Waals surface area contributed by atoms with E-state index in [1.165, 1.54) is 5.56 Å². The van der Waals surface area contributed by atoms with Gasteiger partial charge in [-0.3, -0.25) is 0 Å². The molecule has 0 aromatic heterocycles. The molecule has 0 radical (unpaired) electrons. The zero-order chi connectivity index (χ0) is 12.3. The van der Waals surface area contributed by atoms with E-state index in [4.69, 9.17) is 16.3 Å². The van der Waals surface area contributed by atoms with Crippen LogP contribution in [0.15, 0.2) is 22.7 Å². The molecule has 1 aliphatic heterocycles. The molecule has 1 aromatic carbocycles. The first-order valence-electron chi connectivity index (χ1n) is 5.73. The molecule has 0 N–H and O–H groups in total. The van der Waals surface area contributed by atoms with Gasteiger partial charge in [0.05, 0.1) is 0 Å². The molecule has 1 aromatic rings. The molecule has 4 heteroatoms. The molecule has 1 saturated heterocycles. The van der Waals surface area contributed by atoms with Crippen molar-refractivity contribution in [2.75, 3.05) is 18.5 Å². The summed E-state index contributed by atoms with van der Waals surface area (Å²) >= 11 is 13.4. The Balaban J connectivity index is 2.17. The Labute approximate surface area is 124 Å². The zero-order valence-electron chi connectivity index (χ0n) is 9.52. The second kappa shape index (κ2) is 6.05. The Morgan fingerprint density at radius 3 is 2.59 bits per heavy atom. The van der Waals surface area contributed by atoms with Crippen LogP contribution < -0.4 is 0 Å². The maximum absolute atomic E-state index is 6.29. The molecule has 1 nitrogen and oxygen atoms in total. The number of benzene rings is 1. The van der Waals surface area contributed by atoms with Gasteiger partial charge in [-0.15, -0.1) is 0 Å². The Kier molecular flexibility index (Phi) is 4.93. The van der Waals surface area contributed by atoms with Crippen molar-refractivity contribution in [1.82, 2.24) is 0 Å². The summed E-state index contributed by atoms with van der Waals surface area (Å²) in [6.07, 6.45) is 3.23. The van der Waals surface area contributed by atoms with Gasteiger partial charge in [0, 0.05) is 28.0 Å². The van der Waals surface area contributed by atoms with Gasteiger partial charge in [0.15, 0.2) is 0 Å². The molecule has 1 aliphatic rings. The monoisotopic (exact) mass is 380 g/mol. The quantitative estimate of drug-likeness (QED) is 0.680. The zero-order valence-corrected chi connectivity index (χ0v) is 13.4. The Morgan fingerprint density at radius 1 is 1.29 bits per heavy atom. The topological polar surface area (TPSA) is 9.23 Å². The predicted molar refractivity (Wildman–Crippen MR) is 79.1 cm³/mol. The predicted octanol–water partition coefficient (Wildman–Crippen LogP) is 4.84. The van der Waals surface area contributed by atoms with Gasteiger partial charge < -0.3 is 4.74 Å². The second-order valence-corrected chi connectivity index (χ2v) is 6.54. The fraction of sp³-hybridized carbons (Fsp3) is 0.538. The van der Waals surface area contributed by atoms with Gasteiger partial charge in [-0.2, -0.15) is 0 Å². The van der Waals surface area contributed by atoms with Gasteiger partial charge in [0.1, 0.15) is 0 Å². The number of hydrogen-bond donors (Lipinski definition) is 0. The summed E-state index contributed by atoms with van der Waals surface area (Å²) in [5.74, 6) is 0. The van der Waals surface area contributed by atoms with E-state index >= 15 is 0 Å². The van der Waals surface area contributed by atoms with Crippen molar-refractivity contribution in [3.05, 3.63) is 33.3 Å². The van der Waals surface area contributed by atoms with E-state index in [2.05, 4.69) is 44.0 Å². The largest absolute Gasteiger partial charge is 0.381 e. The third-order valence-corrected chi connectivity index (χ3v) is 5.45. The van der Waals surface area contributed by atoms with Gasteiger partial charge in [-0.05, 0) is 42.4 Å². The Bertz CT molecular complexity index is 389. The number of halogens is 3. The molecule has 1 fully saturated rings. The standard InChI is InChI=1S/C13H15Br2ClO/c14-9-13(3-5-17-6-4-13)8-10-1-2-11(15)7-12(10)16/h1-2,7H,3-6,8-9H2. The van der Waals surface area contributed by atoms with Crippen LogP contribution in [0.25, 0.3) is 0 Å². The minimum absolute atomic E-state index is 0.301. The summed E-state index contributed by atoms with van der Waals surface area (Å²) in [5, 5.41) is 1.86. The lowest BCUT2D eigenvalue weighted by Gasteiger charge is -2.36. The molecule has 94 valence electrons. The number of alkyl halides is 1. The number of ether oxygens (including phenoxy) is 1. The molecule has 2 rings (SSSR count). The average Bonchev–Trinajstić information content (AvgIpc) is 2.34. The number of hydrogen-bond acceptors (Lipinski definition) is 1. The Morgan fingerprint density at radius 2 is 2.00 bits per heavy atom. The van der Waals surface area contributed by atoms with E-state index in [9.17, 15) is 0 Å². The highest BCUT2D eigenvalue weighted by Gasteiger charge is 2.32. The van der Waals surface area contributed by atoms with Crippen LogP contribution in [0.4, 0.5) is 0 Å². The van der Waals surface area contributed by atoms with E-state index in [-0.39, 0.29) is 0 Å². The molecule has 0 saturated carbocycles. The van der Waals surface area contributed by atoms with Crippen LogP contribution in [0, 0.1) is 5.41 Å². The molecule has 0 aliphatic carbocycles. The van der Waals surface area contributed by atoms with E-state index in [1.54, 1.807) is 0 Å². The van der Waals surface area contributed by atoms with E-state index in [0.29, 0.717) is 5.41 Å². The summed E-state index contributed by atoms with van der Waals surface area (Å²) in [7, 11) is 0. The number of rotatable bonds is 3. The van der Waals surface area contributed by atoms with Crippen LogP contribution in [-0.2, 0) is 11.2 Å². The van der Waals surface area contributed by atoms with E-state index in [1.807, 2.05) is 6.07 Å². The Hall–Kier alpha value is 0.430. The van der Waals surface area contributed by atoms with Crippen molar-refractivity contribution < 1.29 is 4.74 Å². The highest BCUT2D eigenvalue weighted by molar-refractivity contribution is 9.10. The second-order valence-electron chi connectivity index (χ2n) is 4.66. The van der Waals surface area contributed by atoms with E-state index in [0.717, 1.165) is 47.3 Å². The van der Waals surface area contributed by atoms with Crippen LogP contribution in [-0.4, -0.2) is 18.5 Å². The minimum Gasteiger partial charge on any atom is -0.381 e. The molecular formula is C13H15Br2ClO. The highest BCUT2D eigenvalue weighted by Crippen LogP contribution is 2.38. The summed E-state index contributed by atoms with van der Waals surface area (Å²) in [6, 6.07) is 6.15. The molecule has 1 heterocycles. The van der Waals surface area contributed by atoms with Crippen molar-refractivity contribution in [2.24, 2.45) is 5.41 Å². The van der Waals surface area contributed by atoms with Gasteiger partial charge in [-0.25, -0.2) is 0 Å². The first-order valence-corrected chi connectivity index (χ1v) is 8.02.